The number of nitrogens with zero attached hydrogens (tertiary/aromatic N) is 1. The van der Waals surface area contributed by atoms with Crippen LogP contribution in [0.2, 0.25) is 0 Å². The van der Waals surface area contributed by atoms with Crippen LogP contribution in [0.3, 0.4) is 0 Å². The minimum Gasteiger partial charge on any atom is -0.450 e. The lowest BCUT2D eigenvalue weighted by molar-refractivity contribution is 0.0625. The summed E-state index contributed by atoms with van der Waals surface area (Å²) in [5, 5.41) is 3.37. The normalized spacial score (nSPS) is 14.8. The fraction of sp³-hybridized carbons (Fsp3) is 0.769. The van der Waals surface area contributed by atoms with E-state index in [9.17, 15) is 0 Å². The van der Waals surface area contributed by atoms with Gasteiger partial charge in [0.2, 0.25) is 0 Å². The van der Waals surface area contributed by atoms with Crippen molar-refractivity contribution in [1.82, 2.24) is 10.3 Å². The van der Waals surface area contributed by atoms with Gasteiger partial charge in [-0.15, -0.1) is 0 Å². The average Bonchev–Trinajstić information content (AvgIpc) is 3.15. The van der Waals surface area contributed by atoms with E-state index in [1.54, 1.807) is 13.4 Å². The summed E-state index contributed by atoms with van der Waals surface area (Å²) in [5.74, 6) is 0. The molecular formula is C13H22N2O4. The molecule has 1 N–H and O–H groups in total. The van der Waals surface area contributed by atoms with Gasteiger partial charge >= 0.3 is 6.08 Å². The van der Waals surface area contributed by atoms with E-state index in [1.165, 1.54) is 12.8 Å². The Hall–Kier alpha value is -1.11. The van der Waals surface area contributed by atoms with Gasteiger partial charge in [0.05, 0.1) is 25.5 Å². The Kier molecular flexibility index (Phi) is 6.13. The Morgan fingerprint density at radius 2 is 2.21 bits per heavy atom. The van der Waals surface area contributed by atoms with Gasteiger partial charge in [0.1, 0.15) is 6.26 Å². The second kappa shape index (κ2) is 8.14. The molecular weight excluding hydrogens is 248 g/mol. The van der Waals surface area contributed by atoms with Crippen LogP contribution in [-0.4, -0.2) is 44.6 Å². The summed E-state index contributed by atoms with van der Waals surface area (Å²) in [4.78, 5) is 4.25. The quantitative estimate of drug-likeness (QED) is 0.612. The number of hydrogen-bond acceptors (Lipinski definition) is 6. The van der Waals surface area contributed by atoms with E-state index in [0.717, 1.165) is 18.7 Å². The lowest BCUT2D eigenvalue weighted by Crippen LogP contribution is -2.15. The van der Waals surface area contributed by atoms with Crippen LogP contribution in [0.5, 0.6) is 6.08 Å². The molecule has 1 saturated carbocycles. The first kappa shape index (κ1) is 14.3. The number of aromatic nitrogens is 1. The minimum absolute atomic E-state index is 0.337. The molecule has 0 spiro atoms. The highest BCUT2D eigenvalue weighted by molar-refractivity contribution is 5.00. The molecule has 6 nitrogen and oxygen atoms in total. The summed E-state index contributed by atoms with van der Waals surface area (Å²) in [6, 6.07) is 0.672. The molecule has 0 saturated heterocycles. The van der Waals surface area contributed by atoms with Crippen LogP contribution in [0.15, 0.2) is 10.7 Å². The summed E-state index contributed by atoms with van der Waals surface area (Å²) in [5.41, 5.74) is 0.887. The third kappa shape index (κ3) is 6.04. The lowest BCUT2D eigenvalue weighted by atomic mass is 10.5. The van der Waals surface area contributed by atoms with Crippen LogP contribution in [0.25, 0.3) is 0 Å². The number of hydrogen-bond donors (Lipinski definition) is 1. The van der Waals surface area contributed by atoms with Crippen molar-refractivity contribution >= 4 is 0 Å². The van der Waals surface area contributed by atoms with E-state index in [4.69, 9.17) is 18.6 Å². The fourth-order valence-corrected chi connectivity index (χ4v) is 1.54. The van der Waals surface area contributed by atoms with Crippen molar-refractivity contribution in [3.05, 3.63) is 12.0 Å². The Labute approximate surface area is 113 Å². The molecule has 0 amide bonds. The van der Waals surface area contributed by atoms with Crippen molar-refractivity contribution in [3.63, 3.8) is 0 Å². The van der Waals surface area contributed by atoms with Crippen LogP contribution >= 0.6 is 0 Å². The summed E-state index contributed by atoms with van der Waals surface area (Å²) in [7, 11) is 1.66. The van der Waals surface area contributed by atoms with Crippen LogP contribution in [0, 0.1) is 0 Å². The number of methoxy groups -OCH3 is 1. The van der Waals surface area contributed by atoms with Crippen molar-refractivity contribution in [2.24, 2.45) is 0 Å². The zero-order valence-electron chi connectivity index (χ0n) is 11.4. The maximum atomic E-state index is 5.40. The Bertz CT molecular complexity index is 352. The molecule has 6 heteroatoms. The maximum Gasteiger partial charge on any atom is 0.393 e. The summed E-state index contributed by atoms with van der Waals surface area (Å²) in [6.07, 6.45) is 5.32. The molecule has 2 rings (SSSR count). The highest BCUT2D eigenvalue weighted by atomic mass is 16.6. The number of rotatable bonds is 11. The molecule has 0 aromatic carbocycles. The van der Waals surface area contributed by atoms with Crippen molar-refractivity contribution in [1.29, 1.82) is 0 Å². The second-order valence-corrected chi connectivity index (χ2v) is 4.57. The molecule has 0 bridgehead atoms. The van der Waals surface area contributed by atoms with E-state index in [-0.39, 0.29) is 0 Å². The Morgan fingerprint density at radius 1 is 1.32 bits per heavy atom. The number of oxazole rings is 1. The molecule has 0 aliphatic heterocycles. The van der Waals surface area contributed by atoms with Gasteiger partial charge in [0.25, 0.3) is 0 Å². The molecule has 1 heterocycles. The topological polar surface area (TPSA) is 65.8 Å². The Balaban J connectivity index is 1.50. The molecule has 108 valence electrons. The van der Waals surface area contributed by atoms with Gasteiger partial charge in [0, 0.05) is 32.7 Å². The standard InChI is InChI=1S/C13H22N2O4/c1-16-7-8-17-5-2-6-18-13-15-12(10-19-13)9-14-11-3-4-11/h10-11,14H,2-9H2,1H3. The van der Waals surface area contributed by atoms with E-state index in [1.807, 2.05) is 0 Å². The molecule has 19 heavy (non-hydrogen) atoms. The summed E-state index contributed by atoms with van der Waals surface area (Å²) in [6.45, 7) is 3.19. The van der Waals surface area contributed by atoms with Crippen molar-refractivity contribution in [2.75, 3.05) is 33.5 Å². The number of nitrogens with one attached hydrogen (secondary N) is 1. The molecule has 1 aromatic rings. The highest BCUT2D eigenvalue weighted by Crippen LogP contribution is 2.19. The summed E-state index contributed by atoms with van der Waals surface area (Å²) >= 11 is 0. The Morgan fingerprint density at radius 3 is 3.00 bits per heavy atom. The zero-order chi connectivity index (χ0) is 13.3. The van der Waals surface area contributed by atoms with Gasteiger partial charge in [-0.1, -0.05) is 0 Å². The third-order valence-corrected chi connectivity index (χ3v) is 2.77. The largest absolute Gasteiger partial charge is 0.450 e. The van der Waals surface area contributed by atoms with Gasteiger partial charge < -0.3 is 23.9 Å². The molecule has 0 radical (unpaired) electrons. The predicted octanol–water partition coefficient (Wildman–Crippen LogP) is 1.36. The minimum atomic E-state index is 0.337. The van der Waals surface area contributed by atoms with Crippen LogP contribution in [-0.2, 0) is 16.0 Å². The molecule has 1 aliphatic rings. The van der Waals surface area contributed by atoms with Gasteiger partial charge in [-0.05, 0) is 12.8 Å². The first-order chi connectivity index (χ1) is 9.38. The van der Waals surface area contributed by atoms with Crippen LogP contribution in [0.1, 0.15) is 25.0 Å². The molecule has 1 fully saturated rings. The van der Waals surface area contributed by atoms with Crippen LogP contribution < -0.4 is 10.1 Å². The van der Waals surface area contributed by atoms with Crippen LogP contribution in [0.4, 0.5) is 0 Å². The van der Waals surface area contributed by atoms with Gasteiger partial charge in [-0.2, -0.15) is 4.98 Å². The fourth-order valence-electron chi connectivity index (χ4n) is 1.54. The SMILES string of the molecule is COCCOCCCOc1nc(CNC2CC2)co1. The average molecular weight is 270 g/mol. The second-order valence-electron chi connectivity index (χ2n) is 4.57. The molecule has 0 atom stereocenters. The van der Waals surface area contributed by atoms with Crippen molar-refractivity contribution in [2.45, 2.75) is 31.8 Å². The van der Waals surface area contributed by atoms with E-state index < -0.39 is 0 Å². The summed E-state index contributed by atoms with van der Waals surface area (Å²) < 4.78 is 20.8. The first-order valence-electron chi connectivity index (χ1n) is 6.76. The molecule has 1 aromatic heterocycles. The molecule has 0 unspecified atom stereocenters. The van der Waals surface area contributed by atoms with Gasteiger partial charge in [-0.25, -0.2) is 0 Å². The third-order valence-electron chi connectivity index (χ3n) is 2.77. The first-order valence-corrected chi connectivity index (χ1v) is 6.76. The zero-order valence-corrected chi connectivity index (χ0v) is 11.4. The predicted molar refractivity (Wildman–Crippen MR) is 69.2 cm³/mol. The van der Waals surface area contributed by atoms with E-state index in [2.05, 4.69) is 10.3 Å². The monoisotopic (exact) mass is 270 g/mol. The smallest absolute Gasteiger partial charge is 0.393 e. The van der Waals surface area contributed by atoms with Crippen molar-refractivity contribution < 1.29 is 18.6 Å². The number of ether oxygens (including phenoxy) is 3. The molecule has 1 aliphatic carbocycles. The lowest BCUT2D eigenvalue weighted by Gasteiger charge is -2.03. The van der Waals surface area contributed by atoms with Crippen molar-refractivity contribution in [3.8, 4) is 6.08 Å². The van der Waals surface area contributed by atoms with Gasteiger partial charge in [0.15, 0.2) is 0 Å². The van der Waals surface area contributed by atoms with Gasteiger partial charge in [-0.3, -0.25) is 0 Å². The maximum absolute atomic E-state index is 5.40. The van der Waals surface area contributed by atoms with E-state index >= 15 is 0 Å². The van der Waals surface area contributed by atoms with E-state index in [0.29, 0.717) is 38.5 Å². The highest BCUT2D eigenvalue weighted by Gasteiger charge is 2.20.